The minimum absolute atomic E-state index is 0.00115. The van der Waals surface area contributed by atoms with Gasteiger partial charge in [0.1, 0.15) is 16.4 Å². The Balaban J connectivity index is 2.01. The first-order valence-corrected chi connectivity index (χ1v) is 14.1. The first kappa shape index (κ1) is 27.4. The average Bonchev–Trinajstić information content (AvgIpc) is 2.74. The Morgan fingerprint density at radius 1 is 1.09 bits per heavy atom. The van der Waals surface area contributed by atoms with Crippen molar-refractivity contribution in [2.24, 2.45) is 11.3 Å². The number of Topliss-reactive ketones (excluding diaryl/α,β-unsaturated/α-hetero) is 2. The minimum atomic E-state index is -1.83. The van der Waals surface area contributed by atoms with Gasteiger partial charge in [0.05, 0.1) is 16.8 Å². The number of rotatable bonds is 2. The largest absolute Gasteiger partial charge is 0.508 e. The summed E-state index contributed by atoms with van der Waals surface area (Å²) in [6, 6.07) is 1.22. The highest BCUT2D eigenvalue weighted by Crippen LogP contribution is 2.61. The van der Waals surface area contributed by atoms with Crippen LogP contribution in [0.15, 0.2) is 6.07 Å². The summed E-state index contributed by atoms with van der Waals surface area (Å²) in [5.41, 5.74) is -4.50. The SMILES string of the molecule is Cc1c(O)cc2c(c1O)C(=O)[C@@]1(Cl)C[C@@H](Br)C(C)(C)O[C@@]1(C[C@H]1C(C)(C)[C@@H](Br)CC[C@]1(C)O)C2=O. The Hall–Kier alpha value is -0.670. The molecule has 3 N–H and O–H groups in total. The zero-order valence-corrected chi connectivity index (χ0v) is 24.8. The van der Waals surface area contributed by atoms with E-state index in [1.54, 1.807) is 6.92 Å². The fraction of sp³-hybridized carbons (Fsp3) is 0.692. The normalized spacial score (nSPS) is 40.2. The lowest BCUT2D eigenvalue weighted by molar-refractivity contribution is -0.187. The van der Waals surface area contributed by atoms with Gasteiger partial charge in [0.15, 0.2) is 17.2 Å². The summed E-state index contributed by atoms with van der Waals surface area (Å²) in [7, 11) is 0. The van der Waals surface area contributed by atoms with Crippen LogP contribution in [0, 0.1) is 18.3 Å². The number of ketones is 2. The van der Waals surface area contributed by atoms with Gasteiger partial charge in [0.2, 0.25) is 0 Å². The number of alkyl halides is 3. The van der Waals surface area contributed by atoms with E-state index >= 15 is 0 Å². The molecule has 1 aromatic rings. The highest BCUT2D eigenvalue weighted by Gasteiger charge is 2.72. The standard InChI is InChI=1S/C26H33Br2ClO6/c1-12-14(30)9-13-18(19(12)31)21(33)25(29)11-17(28)23(4,5)35-26(25,20(13)32)10-15-22(2,3)16(27)7-8-24(15,6)34/h9,15-17,30-31,34H,7-8,10-11H2,1-6H3/t15-,16-,17+,24-,25-,26-/m0/s1. The fourth-order valence-electron chi connectivity index (χ4n) is 6.38. The van der Waals surface area contributed by atoms with Crippen molar-refractivity contribution in [2.45, 2.75) is 98.6 Å². The molecular formula is C26H33Br2ClO6. The first-order chi connectivity index (χ1) is 15.8. The van der Waals surface area contributed by atoms with Gasteiger partial charge < -0.3 is 20.1 Å². The maximum absolute atomic E-state index is 14.4. The van der Waals surface area contributed by atoms with Crippen LogP contribution in [0.3, 0.4) is 0 Å². The summed E-state index contributed by atoms with van der Waals surface area (Å²) < 4.78 is 6.62. The Labute approximate surface area is 228 Å². The number of aliphatic hydroxyl groups is 1. The second-order valence-corrected chi connectivity index (χ2v) is 14.8. The monoisotopic (exact) mass is 634 g/mol. The molecule has 1 saturated carbocycles. The zero-order valence-electron chi connectivity index (χ0n) is 20.8. The number of aromatic hydroxyl groups is 2. The lowest BCUT2D eigenvalue weighted by atomic mass is 9.54. The molecule has 9 heteroatoms. The number of phenolic OH excluding ortho intramolecular Hbond substituents is 2. The third-order valence-electron chi connectivity index (χ3n) is 8.87. The topological polar surface area (TPSA) is 104 Å². The summed E-state index contributed by atoms with van der Waals surface area (Å²) in [6.45, 7) is 11.0. The van der Waals surface area contributed by atoms with Crippen molar-refractivity contribution in [1.29, 1.82) is 0 Å². The van der Waals surface area contributed by atoms with E-state index in [2.05, 4.69) is 31.9 Å². The van der Waals surface area contributed by atoms with Gasteiger partial charge in [-0.15, -0.1) is 11.6 Å². The Morgan fingerprint density at radius 2 is 1.69 bits per heavy atom. The van der Waals surface area contributed by atoms with Crippen LogP contribution < -0.4 is 0 Å². The van der Waals surface area contributed by atoms with Crippen LogP contribution in [0.4, 0.5) is 0 Å². The summed E-state index contributed by atoms with van der Waals surface area (Å²) in [4.78, 5) is 26.4. The molecule has 4 rings (SSSR count). The van der Waals surface area contributed by atoms with Crippen LogP contribution in [0.1, 0.15) is 86.6 Å². The van der Waals surface area contributed by atoms with Gasteiger partial charge >= 0.3 is 0 Å². The van der Waals surface area contributed by atoms with E-state index in [1.807, 2.05) is 27.7 Å². The molecule has 1 saturated heterocycles. The number of carbonyl (C=O) groups is 2. The highest BCUT2D eigenvalue weighted by atomic mass is 79.9. The van der Waals surface area contributed by atoms with Crippen molar-refractivity contribution >= 4 is 55.0 Å². The summed E-state index contributed by atoms with van der Waals surface area (Å²) in [6.07, 6.45) is 1.34. The number of carbonyl (C=O) groups excluding carboxylic acids is 2. The van der Waals surface area contributed by atoms with E-state index in [4.69, 9.17) is 16.3 Å². The number of hydrogen-bond acceptors (Lipinski definition) is 6. The zero-order chi connectivity index (χ0) is 26.5. The van der Waals surface area contributed by atoms with Crippen molar-refractivity contribution in [3.8, 4) is 11.5 Å². The van der Waals surface area contributed by atoms with Gasteiger partial charge in [-0.3, -0.25) is 9.59 Å². The molecule has 1 aromatic carbocycles. The first-order valence-electron chi connectivity index (χ1n) is 11.9. The molecule has 0 amide bonds. The maximum atomic E-state index is 14.4. The fourth-order valence-corrected chi connectivity index (χ4v) is 8.15. The quantitative estimate of drug-likeness (QED) is 0.355. The number of halogens is 3. The van der Waals surface area contributed by atoms with Gasteiger partial charge in [-0.25, -0.2) is 0 Å². The summed E-state index contributed by atoms with van der Waals surface area (Å²) in [5.74, 6) is -2.38. The Kier molecular flexibility index (Phi) is 6.38. The second kappa shape index (κ2) is 8.16. The lowest BCUT2D eigenvalue weighted by Crippen LogP contribution is -2.73. The number of hydrogen-bond donors (Lipinski definition) is 3. The van der Waals surface area contributed by atoms with Crippen LogP contribution in [0.2, 0.25) is 0 Å². The Bertz CT molecular complexity index is 1120. The summed E-state index contributed by atoms with van der Waals surface area (Å²) >= 11 is 14.6. The predicted molar refractivity (Wildman–Crippen MR) is 141 cm³/mol. The molecule has 3 aliphatic rings. The number of fused-ring (bicyclic) bond motifs is 2. The third-order valence-corrected chi connectivity index (χ3v) is 12.6. The molecule has 0 spiro atoms. The third kappa shape index (κ3) is 3.68. The van der Waals surface area contributed by atoms with Crippen LogP contribution in [-0.2, 0) is 4.74 Å². The molecule has 35 heavy (non-hydrogen) atoms. The van der Waals surface area contributed by atoms with Crippen LogP contribution in [0.5, 0.6) is 11.5 Å². The van der Waals surface area contributed by atoms with Crippen molar-refractivity contribution in [1.82, 2.24) is 0 Å². The molecule has 0 aromatic heterocycles. The number of phenols is 2. The van der Waals surface area contributed by atoms with E-state index in [0.717, 1.165) is 6.42 Å². The van der Waals surface area contributed by atoms with Crippen LogP contribution in [0.25, 0.3) is 0 Å². The van der Waals surface area contributed by atoms with Crippen molar-refractivity contribution in [2.75, 3.05) is 0 Å². The molecule has 0 radical (unpaired) electrons. The second-order valence-electron chi connectivity index (χ2n) is 11.9. The molecule has 6 nitrogen and oxygen atoms in total. The van der Waals surface area contributed by atoms with Crippen molar-refractivity contribution in [3.63, 3.8) is 0 Å². The van der Waals surface area contributed by atoms with Crippen LogP contribution >= 0.6 is 43.5 Å². The van der Waals surface area contributed by atoms with Gasteiger partial charge in [-0.1, -0.05) is 45.7 Å². The van der Waals surface area contributed by atoms with E-state index in [9.17, 15) is 24.9 Å². The molecule has 2 aliphatic carbocycles. The molecule has 2 fully saturated rings. The van der Waals surface area contributed by atoms with Crippen molar-refractivity contribution < 1.29 is 29.6 Å². The number of ether oxygens (including phenoxy) is 1. The smallest absolute Gasteiger partial charge is 0.197 e. The van der Waals surface area contributed by atoms with E-state index < -0.39 is 50.3 Å². The van der Waals surface area contributed by atoms with Gasteiger partial charge in [-0.2, -0.15) is 0 Å². The van der Waals surface area contributed by atoms with E-state index in [1.165, 1.54) is 13.0 Å². The average molecular weight is 637 g/mol. The van der Waals surface area contributed by atoms with Crippen LogP contribution in [-0.4, -0.2) is 58.2 Å². The highest BCUT2D eigenvalue weighted by molar-refractivity contribution is 9.09. The van der Waals surface area contributed by atoms with Gasteiger partial charge in [0, 0.05) is 20.8 Å². The lowest BCUT2D eigenvalue weighted by Gasteiger charge is -2.60. The molecule has 1 heterocycles. The molecular weight excluding hydrogens is 604 g/mol. The van der Waals surface area contributed by atoms with Gasteiger partial charge in [-0.05, 0) is 70.8 Å². The molecule has 194 valence electrons. The summed E-state index contributed by atoms with van der Waals surface area (Å²) in [5, 5.41) is 32.8. The van der Waals surface area contributed by atoms with E-state index in [-0.39, 0.29) is 44.9 Å². The number of benzene rings is 1. The molecule has 0 bridgehead atoms. The Morgan fingerprint density at radius 3 is 2.29 bits per heavy atom. The molecule has 1 aliphatic heterocycles. The van der Waals surface area contributed by atoms with E-state index in [0.29, 0.717) is 6.42 Å². The maximum Gasteiger partial charge on any atom is 0.197 e. The van der Waals surface area contributed by atoms with Crippen molar-refractivity contribution in [3.05, 3.63) is 22.8 Å². The predicted octanol–water partition coefficient (Wildman–Crippen LogP) is 5.80. The molecule has 0 unspecified atom stereocenters. The molecule has 6 atom stereocenters. The van der Waals surface area contributed by atoms with Gasteiger partial charge in [0.25, 0.3) is 0 Å². The minimum Gasteiger partial charge on any atom is -0.508 e.